The molecule has 0 saturated carbocycles. The van der Waals surface area contributed by atoms with E-state index in [2.05, 4.69) is 53.6 Å². The van der Waals surface area contributed by atoms with Crippen LogP contribution in [0.3, 0.4) is 0 Å². The van der Waals surface area contributed by atoms with Crippen molar-refractivity contribution in [3.63, 3.8) is 0 Å². The van der Waals surface area contributed by atoms with Crippen LogP contribution in [0.5, 0.6) is 0 Å². The Labute approximate surface area is 101 Å². The lowest BCUT2D eigenvalue weighted by Crippen LogP contribution is -2.25. The van der Waals surface area contributed by atoms with Gasteiger partial charge in [-0.25, -0.2) is 0 Å². The quantitative estimate of drug-likeness (QED) is 0.786. The standard InChI is InChI=1S/C14H17N3/c1-14(2)8-10-12(16-17-13(10)15-3)9-6-4-5-7-11(9)14/h4-7H,8H2,1-3H3,(H2,15,16,17). The Morgan fingerprint density at radius 3 is 2.82 bits per heavy atom. The van der Waals surface area contributed by atoms with Crippen LogP contribution in [0, 0.1) is 0 Å². The average Bonchev–Trinajstić information content (AvgIpc) is 2.71. The van der Waals surface area contributed by atoms with E-state index in [0.29, 0.717) is 0 Å². The number of fused-ring (bicyclic) bond motifs is 3. The first-order chi connectivity index (χ1) is 8.13. The van der Waals surface area contributed by atoms with Gasteiger partial charge in [0.15, 0.2) is 5.82 Å². The van der Waals surface area contributed by atoms with E-state index in [9.17, 15) is 0 Å². The first-order valence-electron chi connectivity index (χ1n) is 5.98. The monoisotopic (exact) mass is 227 g/mol. The molecule has 3 nitrogen and oxygen atoms in total. The number of H-pyrrole nitrogens is 1. The predicted octanol–water partition coefficient (Wildman–Crippen LogP) is 2.95. The topological polar surface area (TPSA) is 40.7 Å². The van der Waals surface area contributed by atoms with Crippen molar-refractivity contribution < 1.29 is 0 Å². The second-order valence-corrected chi connectivity index (χ2v) is 5.28. The van der Waals surface area contributed by atoms with Crippen LogP contribution in [-0.4, -0.2) is 17.2 Å². The molecule has 2 aromatic rings. The van der Waals surface area contributed by atoms with E-state index < -0.39 is 0 Å². The largest absolute Gasteiger partial charge is 0.371 e. The molecule has 0 fully saturated rings. The van der Waals surface area contributed by atoms with Crippen LogP contribution in [0.4, 0.5) is 5.82 Å². The Balaban J connectivity index is 2.29. The van der Waals surface area contributed by atoms with Gasteiger partial charge in [0.25, 0.3) is 0 Å². The fourth-order valence-corrected chi connectivity index (χ4v) is 2.80. The van der Waals surface area contributed by atoms with E-state index in [1.807, 2.05) is 7.05 Å². The number of anilines is 1. The van der Waals surface area contributed by atoms with Crippen molar-refractivity contribution in [3.8, 4) is 11.3 Å². The Kier molecular flexibility index (Phi) is 2.05. The molecule has 1 aliphatic carbocycles. The Morgan fingerprint density at radius 2 is 2.06 bits per heavy atom. The molecule has 2 N–H and O–H groups in total. The minimum atomic E-state index is 0.166. The van der Waals surface area contributed by atoms with E-state index >= 15 is 0 Å². The van der Waals surface area contributed by atoms with Crippen LogP contribution >= 0.6 is 0 Å². The zero-order valence-electron chi connectivity index (χ0n) is 10.5. The third-order valence-electron chi connectivity index (χ3n) is 3.65. The maximum Gasteiger partial charge on any atom is 0.151 e. The summed E-state index contributed by atoms with van der Waals surface area (Å²) >= 11 is 0. The van der Waals surface area contributed by atoms with Crippen molar-refractivity contribution >= 4 is 5.82 Å². The summed E-state index contributed by atoms with van der Waals surface area (Å²) in [5, 5.41) is 10.7. The van der Waals surface area contributed by atoms with Gasteiger partial charge in [-0.05, 0) is 17.4 Å². The first kappa shape index (κ1) is 10.4. The highest BCUT2D eigenvalue weighted by Gasteiger charge is 2.33. The maximum atomic E-state index is 4.34. The summed E-state index contributed by atoms with van der Waals surface area (Å²) < 4.78 is 0. The SMILES string of the molecule is CNc1n[nH]c2c1CC(C)(C)c1ccccc1-2. The molecule has 0 bridgehead atoms. The molecule has 1 aromatic carbocycles. The van der Waals surface area contributed by atoms with Gasteiger partial charge in [-0.1, -0.05) is 38.1 Å². The molecule has 3 rings (SSSR count). The fourth-order valence-electron chi connectivity index (χ4n) is 2.80. The molecule has 0 atom stereocenters. The van der Waals surface area contributed by atoms with Gasteiger partial charge in [-0.2, -0.15) is 5.10 Å². The van der Waals surface area contributed by atoms with E-state index in [-0.39, 0.29) is 5.41 Å². The smallest absolute Gasteiger partial charge is 0.151 e. The van der Waals surface area contributed by atoms with Crippen molar-refractivity contribution in [1.29, 1.82) is 0 Å². The highest BCUT2D eigenvalue weighted by atomic mass is 15.2. The number of benzene rings is 1. The van der Waals surface area contributed by atoms with Crippen molar-refractivity contribution in [2.24, 2.45) is 0 Å². The molecule has 0 radical (unpaired) electrons. The van der Waals surface area contributed by atoms with Gasteiger partial charge in [0.1, 0.15) is 0 Å². The number of aromatic nitrogens is 2. The second-order valence-electron chi connectivity index (χ2n) is 5.28. The van der Waals surface area contributed by atoms with Crippen LogP contribution in [0.15, 0.2) is 24.3 Å². The lowest BCUT2D eigenvalue weighted by molar-refractivity contribution is 0.518. The predicted molar refractivity (Wildman–Crippen MR) is 70.3 cm³/mol. The molecule has 3 heteroatoms. The van der Waals surface area contributed by atoms with Crippen LogP contribution in [-0.2, 0) is 11.8 Å². The molecule has 17 heavy (non-hydrogen) atoms. The van der Waals surface area contributed by atoms with Gasteiger partial charge in [-0.15, -0.1) is 0 Å². The summed E-state index contributed by atoms with van der Waals surface area (Å²) in [7, 11) is 1.92. The third kappa shape index (κ3) is 1.38. The summed E-state index contributed by atoms with van der Waals surface area (Å²) in [5.74, 6) is 0.975. The molecule has 1 aliphatic rings. The molecule has 88 valence electrons. The molecule has 0 spiro atoms. The highest BCUT2D eigenvalue weighted by Crippen LogP contribution is 2.43. The molecule has 0 saturated heterocycles. The number of aromatic amines is 1. The Morgan fingerprint density at radius 1 is 1.29 bits per heavy atom. The van der Waals surface area contributed by atoms with Crippen molar-refractivity contribution in [3.05, 3.63) is 35.4 Å². The van der Waals surface area contributed by atoms with Gasteiger partial charge in [-0.3, -0.25) is 5.10 Å². The van der Waals surface area contributed by atoms with E-state index in [1.54, 1.807) is 0 Å². The van der Waals surface area contributed by atoms with Crippen LogP contribution in [0.1, 0.15) is 25.0 Å². The number of rotatable bonds is 1. The molecule has 0 unspecified atom stereocenters. The molecule has 0 aliphatic heterocycles. The van der Waals surface area contributed by atoms with Gasteiger partial charge in [0, 0.05) is 18.2 Å². The Hall–Kier alpha value is -1.77. The summed E-state index contributed by atoms with van der Waals surface area (Å²) in [6.07, 6.45) is 1.02. The summed E-state index contributed by atoms with van der Waals surface area (Å²) in [6, 6.07) is 8.59. The molecular weight excluding hydrogens is 210 g/mol. The second kappa shape index (κ2) is 3.36. The number of hydrogen-bond donors (Lipinski definition) is 2. The first-order valence-corrected chi connectivity index (χ1v) is 5.98. The fraction of sp³-hybridized carbons (Fsp3) is 0.357. The highest BCUT2D eigenvalue weighted by molar-refractivity contribution is 5.75. The van der Waals surface area contributed by atoms with E-state index in [4.69, 9.17) is 0 Å². The van der Waals surface area contributed by atoms with Crippen molar-refractivity contribution in [1.82, 2.24) is 10.2 Å². The normalized spacial score (nSPS) is 16.2. The van der Waals surface area contributed by atoms with Crippen LogP contribution in [0.25, 0.3) is 11.3 Å². The van der Waals surface area contributed by atoms with Crippen molar-refractivity contribution in [2.75, 3.05) is 12.4 Å². The number of nitrogens with zero attached hydrogens (tertiary/aromatic N) is 1. The average molecular weight is 227 g/mol. The zero-order chi connectivity index (χ0) is 12.0. The van der Waals surface area contributed by atoms with E-state index in [0.717, 1.165) is 12.2 Å². The Bertz CT molecular complexity index is 567. The molecule has 1 heterocycles. The summed E-state index contributed by atoms with van der Waals surface area (Å²) in [4.78, 5) is 0. The zero-order valence-corrected chi connectivity index (χ0v) is 10.5. The van der Waals surface area contributed by atoms with Crippen molar-refractivity contribution in [2.45, 2.75) is 25.7 Å². The van der Waals surface area contributed by atoms with E-state index in [1.165, 1.54) is 22.4 Å². The maximum absolute atomic E-state index is 4.34. The van der Waals surface area contributed by atoms with Gasteiger partial charge in [0.2, 0.25) is 0 Å². The van der Waals surface area contributed by atoms with Gasteiger partial charge in [0.05, 0.1) is 5.69 Å². The molecule has 1 aromatic heterocycles. The number of hydrogen-bond acceptors (Lipinski definition) is 2. The molecule has 0 amide bonds. The lowest BCUT2D eigenvalue weighted by Gasteiger charge is -2.32. The third-order valence-corrected chi connectivity index (χ3v) is 3.65. The van der Waals surface area contributed by atoms with Gasteiger partial charge < -0.3 is 5.32 Å². The summed E-state index contributed by atoms with van der Waals surface area (Å²) in [5.41, 5.74) is 5.33. The van der Waals surface area contributed by atoms with Crippen LogP contribution in [0.2, 0.25) is 0 Å². The minimum Gasteiger partial charge on any atom is -0.371 e. The minimum absolute atomic E-state index is 0.166. The van der Waals surface area contributed by atoms with Gasteiger partial charge >= 0.3 is 0 Å². The molecular formula is C14H17N3. The summed E-state index contributed by atoms with van der Waals surface area (Å²) in [6.45, 7) is 4.59. The van der Waals surface area contributed by atoms with Crippen LogP contribution < -0.4 is 5.32 Å². The number of nitrogens with one attached hydrogen (secondary N) is 2. The lowest BCUT2D eigenvalue weighted by atomic mass is 9.72.